The minimum absolute atomic E-state index is 0.177. The number of rotatable bonds is 5. The zero-order valence-corrected chi connectivity index (χ0v) is 13.6. The average Bonchev–Trinajstić information content (AvgIpc) is 3.23. The molecule has 1 amide bonds. The number of thioether (sulfide) groups is 1. The van der Waals surface area contributed by atoms with Crippen LogP contribution in [0.1, 0.15) is 30.4 Å². The summed E-state index contributed by atoms with van der Waals surface area (Å²) in [6.07, 6.45) is 2.81. The molecule has 0 unspecified atom stereocenters. The van der Waals surface area contributed by atoms with Gasteiger partial charge in [-0.1, -0.05) is 6.07 Å². The molecule has 4 heteroatoms. The zero-order valence-electron chi connectivity index (χ0n) is 12.8. The van der Waals surface area contributed by atoms with Crippen LogP contribution in [0.15, 0.2) is 23.1 Å². The summed E-state index contributed by atoms with van der Waals surface area (Å²) in [6.45, 7) is 5.32. The Bertz CT molecular complexity index is 548. The van der Waals surface area contributed by atoms with Crippen molar-refractivity contribution in [3.63, 3.8) is 0 Å². The fourth-order valence-electron chi connectivity index (χ4n) is 2.89. The second-order valence-electron chi connectivity index (χ2n) is 6.47. The summed E-state index contributed by atoms with van der Waals surface area (Å²) in [7, 11) is 0. The first-order chi connectivity index (χ1) is 9.98. The molecule has 1 aliphatic carbocycles. The van der Waals surface area contributed by atoms with Gasteiger partial charge < -0.3 is 10.0 Å². The van der Waals surface area contributed by atoms with E-state index in [1.165, 1.54) is 16.0 Å². The molecule has 2 aliphatic rings. The molecule has 1 N–H and O–H groups in total. The van der Waals surface area contributed by atoms with E-state index in [9.17, 15) is 9.90 Å². The lowest BCUT2D eigenvalue weighted by atomic mass is 9.88. The number of β-amino-alcohol motifs (C(OH)–C–C–N with tert-alkyl or cyclic N) is 1. The largest absolute Gasteiger partial charge is 0.386 e. The van der Waals surface area contributed by atoms with Crippen LogP contribution in [0.5, 0.6) is 0 Å². The van der Waals surface area contributed by atoms with Crippen LogP contribution in [0.2, 0.25) is 0 Å². The molecule has 0 aromatic heterocycles. The highest BCUT2D eigenvalue weighted by atomic mass is 32.2. The van der Waals surface area contributed by atoms with Gasteiger partial charge in [-0.25, -0.2) is 0 Å². The highest BCUT2D eigenvalue weighted by Crippen LogP contribution is 2.44. The maximum atomic E-state index is 12.1. The maximum absolute atomic E-state index is 12.1. The number of hydrogen-bond donors (Lipinski definition) is 1. The molecule has 0 radical (unpaired) electrons. The van der Waals surface area contributed by atoms with Gasteiger partial charge >= 0.3 is 0 Å². The fraction of sp³-hybridized carbons (Fsp3) is 0.588. The summed E-state index contributed by atoms with van der Waals surface area (Å²) in [4.78, 5) is 15.1. The second-order valence-corrected chi connectivity index (χ2v) is 7.64. The van der Waals surface area contributed by atoms with Crippen molar-refractivity contribution in [1.82, 2.24) is 4.90 Å². The Morgan fingerprint density at radius 3 is 2.67 bits per heavy atom. The topological polar surface area (TPSA) is 40.5 Å². The van der Waals surface area contributed by atoms with Crippen molar-refractivity contribution in [3.05, 3.63) is 29.3 Å². The molecule has 114 valence electrons. The number of amides is 1. The van der Waals surface area contributed by atoms with Gasteiger partial charge in [-0.05, 0) is 55.9 Å². The van der Waals surface area contributed by atoms with Crippen LogP contribution in [0.25, 0.3) is 0 Å². The number of nitrogens with zero attached hydrogens (tertiary/aromatic N) is 1. The molecular formula is C17H23NO2S. The number of carbonyl (C=O) groups is 1. The third kappa shape index (κ3) is 3.27. The first-order valence-corrected chi connectivity index (χ1v) is 8.67. The first-order valence-electron chi connectivity index (χ1n) is 7.68. The summed E-state index contributed by atoms with van der Waals surface area (Å²) in [5.74, 6) is 1.43. The van der Waals surface area contributed by atoms with E-state index in [0.29, 0.717) is 25.4 Å². The van der Waals surface area contributed by atoms with Gasteiger partial charge in [-0.2, -0.15) is 0 Å². The lowest BCUT2D eigenvalue weighted by molar-refractivity contribution is -0.158. The first kappa shape index (κ1) is 14.9. The fourth-order valence-corrected chi connectivity index (χ4v) is 3.82. The van der Waals surface area contributed by atoms with Gasteiger partial charge in [0.2, 0.25) is 5.91 Å². The van der Waals surface area contributed by atoms with Gasteiger partial charge in [0.1, 0.15) is 5.60 Å². The highest BCUT2D eigenvalue weighted by Gasteiger charge is 2.52. The highest BCUT2D eigenvalue weighted by molar-refractivity contribution is 7.99. The normalized spacial score (nSPS) is 20.2. The molecule has 0 spiro atoms. The molecule has 3 rings (SSSR count). The predicted molar refractivity (Wildman–Crippen MR) is 85.5 cm³/mol. The van der Waals surface area contributed by atoms with Crippen molar-refractivity contribution < 1.29 is 9.90 Å². The zero-order chi connectivity index (χ0) is 15.0. The molecule has 21 heavy (non-hydrogen) atoms. The average molecular weight is 305 g/mol. The summed E-state index contributed by atoms with van der Waals surface area (Å²) >= 11 is 1.73. The van der Waals surface area contributed by atoms with E-state index >= 15 is 0 Å². The monoisotopic (exact) mass is 305 g/mol. The minimum atomic E-state index is -0.559. The molecule has 2 fully saturated rings. The molecule has 1 aromatic carbocycles. The summed E-state index contributed by atoms with van der Waals surface area (Å²) in [5, 5.41) is 10.2. The Balaban J connectivity index is 1.41. The van der Waals surface area contributed by atoms with Crippen molar-refractivity contribution in [1.29, 1.82) is 0 Å². The standard InChI is InChI=1S/C17H23NO2S/c1-12-3-6-15(9-13(12)2)21-8-7-16(19)18-10-17(20,11-18)14-4-5-14/h3,6,9,14,20H,4-5,7-8,10-11H2,1-2H3. The minimum Gasteiger partial charge on any atom is -0.386 e. The van der Waals surface area contributed by atoms with Crippen molar-refractivity contribution in [2.24, 2.45) is 5.92 Å². The van der Waals surface area contributed by atoms with E-state index < -0.39 is 5.60 Å². The molecule has 1 saturated heterocycles. The van der Waals surface area contributed by atoms with Gasteiger partial charge in [0.15, 0.2) is 0 Å². The molecule has 3 nitrogen and oxygen atoms in total. The maximum Gasteiger partial charge on any atom is 0.223 e. The van der Waals surface area contributed by atoms with Crippen molar-refractivity contribution in [3.8, 4) is 0 Å². The van der Waals surface area contributed by atoms with E-state index in [1.807, 2.05) is 0 Å². The van der Waals surface area contributed by atoms with E-state index in [2.05, 4.69) is 32.0 Å². The van der Waals surface area contributed by atoms with Crippen molar-refractivity contribution in [2.45, 2.75) is 43.6 Å². The molecular weight excluding hydrogens is 282 g/mol. The lowest BCUT2D eigenvalue weighted by Crippen LogP contribution is -2.64. The molecule has 1 saturated carbocycles. The molecule has 1 aromatic rings. The lowest BCUT2D eigenvalue weighted by Gasteiger charge is -2.47. The van der Waals surface area contributed by atoms with Crippen molar-refractivity contribution >= 4 is 17.7 Å². The van der Waals surface area contributed by atoms with Crippen molar-refractivity contribution in [2.75, 3.05) is 18.8 Å². The Kier molecular flexibility index (Phi) is 4.02. The van der Waals surface area contributed by atoms with Gasteiger partial charge in [-0.3, -0.25) is 4.79 Å². The third-order valence-electron chi connectivity index (χ3n) is 4.68. The van der Waals surface area contributed by atoms with E-state index in [0.717, 1.165) is 18.6 Å². The Morgan fingerprint density at radius 1 is 1.33 bits per heavy atom. The number of hydrogen-bond acceptors (Lipinski definition) is 3. The van der Waals surface area contributed by atoms with Crippen LogP contribution in [0.3, 0.4) is 0 Å². The van der Waals surface area contributed by atoms with E-state index in [1.54, 1.807) is 16.7 Å². The van der Waals surface area contributed by atoms with Crippen LogP contribution < -0.4 is 0 Å². The Hall–Kier alpha value is -1.00. The van der Waals surface area contributed by atoms with Crippen LogP contribution in [0.4, 0.5) is 0 Å². The Morgan fingerprint density at radius 2 is 2.05 bits per heavy atom. The van der Waals surface area contributed by atoms with Gasteiger partial charge in [-0.15, -0.1) is 11.8 Å². The SMILES string of the molecule is Cc1ccc(SCCC(=O)N2CC(O)(C3CC3)C2)cc1C. The number of aliphatic hydroxyl groups is 1. The number of carbonyl (C=O) groups excluding carboxylic acids is 1. The number of likely N-dealkylation sites (tertiary alicyclic amines) is 1. The van der Waals surface area contributed by atoms with Gasteiger partial charge in [0.25, 0.3) is 0 Å². The quantitative estimate of drug-likeness (QED) is 0.850. The molecule has 0 bridgehead atoms. The van der Waals surface area contributed by atoms with Crippen LogP contribution >= 0.6 is 11.8 Å². The third-order valence-corrected chi connectivity index (χ3v) is 5.68. The smallest absolute Gasteiger partial charge is 0.223 e. The van der Waals surface area contributed by atoms with E-state index in [-0.39, 0.29) is 5.91 Å². The molecule has 0 atom stereocenters. The predicted octanol–water partition coefficient (Wildman–Crippen LogP) is 2.77. The van der Waals surface area contributed by atoms with Gasteiger partial charge in [0.05, 0.1) is 13.1 Å². The van der Waals surface area contributed by atoms with Crippen LogP contribution in [-0.2, 0) is 4.79 Å². The molecule has 1 heterocycles. The number of benzene rings is 1. The van der Waals surface area contributed by atoms with Crippen LogP contribution in [-0.4, -0.2) is 40.4 Å². The summed E-state index contributed by atoms with van der Waals surface area (Å²) in [5.41, 5.74) is 2.04. The second kappa shape index (κ2) is 5.65. The molecule has 1 aliphatic heterocycles. The van der Waals surface area contributed by atoms with E-state index in [4.69, 9.17) is 0 Å². The van der Waals surface area contributed by atoms with Crippen LogP contribution in [0, 0.1) is 19.8 Å². The van der Waals surface area contributed by atoms with Gasteiger partial charge in [0, 0.05) is 17.1 Å². The summed E-state index contributed by atoms with van der Waals surface area (Å²) < 4.78 is 0. The summed E-state index contributed by atoms with van der Waals surface area (Å²) in [6, 6.07) is 6.43. The number of aryl methyl sites for hydroxylation is 2. The Labute approximate surface area is 130 Å².